The molecule has 0 radical (unpaired) electrons. The van der Waals surface area contributed by atoms with E-state index in [4.69, 9.17) is 16.7 Å². The average Bonchev–Trinajstić information content (AvgIpc) is 2.15. The largest absolute Gasteiger partial charge is 0.478 e. The van der Waals surface area contributed by atoms with Crippen LogP contribution in [0.25, 0.3) is 0 Å². The Morgan fingerprint density at radius 2 is 1.88 bits per heavy atom. The summed E-state index contributed by atoms with van der Waals surface area (Å²) in [6.45, 7) is 0. The Morgan fingerprint density at radius 1 is 1.35 bits per heavy atom. The molecule has 0 spiro atoms. The molecule has 10 heteroatoms. The number of carbonyl (C=O) groups is 1. The van der Waals surface area contributed by atoms with Gasteiger partial charge in [0.05, 0.1) is 15.4 Å². The first kappa shape index (κ1) is 12.8. The van der Waals surface area contributed by atoms with Gasteiger partial charge in [-0.15, -0.1) is 0 Å². The summed E-state index contributed by atoms with van der Waals surface area (Å²) in [6, 6.07) is 0.326. The van der Waals surface area contributed by atoms with Gasteiger partial charge in [-0.1, -0.05) is 11.6 Å². The normalized spacial score (nSPS) is 10.0. The lowest BCUT2D eigenvalue weighted by Gasteiger charge is -2.02. The molecule has 0 atom stereocenters. The third kappa shape index (κ3) is 2.13. The van der Waals surface area contributed by atoms with E-state index in [-0.39, 0.29) is 0 Å². The average molecular weight is 265 g/mol. The van der Waals surface area contributed by atoms with Gasteiger partial charge in [0.15, 0.2) is 0 Å². The van der Waals surface area contributed by atoms with Crippen molar-refractivity contribution in [3.63, 3.8) is 0 Å². The Hall–Kier alpha value is -2.29. The molecule has 17 heavy (non-hydrogen) atoms. The fraction of sp³-hybridized carbons (Fsp3) is 0. The minimum absolute atomic E-state index is 0.326. The molecule has 0 fully saturated rings. The molecule has 0 aromatic heterocycles. The third-order valence-electron chi connectivity index (χ3n) is 1.77. The van der Waals surface area contributed by atoms with Gasteiger partial charge in [0.25, 0.3) is 5.82 Å². The summed E-state index contributed by atoms with van der Waals surface area (Å²) in [6.07, 6.45) is 0. The number of hydrogen-bond donors (Lipinski definition) is 1. The molecule has 0 aliphatic rings. The maximum absolute atomic E-state index is 13.3. The maximum atomic E-state index is 13.3. The summed E-state index contributed by atoms with van der Waals surface area (Å²) in [4.78, 5) is 28.9. The van der Waals surface area contributed by atoms with Gasteiger partial charge in [-0.3, -0.25) is 20.2 Å². The van der Waals surface area contributed by atoms with Crippen molar-refractivity contribution in [2.75, 3.05) is 0 Å². The number of rotatable bonds is 3. The summed E-state index contributed by atoms with van der Waals surface area (Å²) >= 11 is 5.30. The molecule has 0 amide bonds. The molecule has 90 valence electrons. The lowest BCUT2D eigenvalue weighted by Crippen LogP contribution is -2.06. The van der Waals surface area contributed by atoms with E-state index in [0.29, 0.717) is 6.07 Å². The van der Waals surface area contributed by atoms with Crippen LogP contribution in [0.1, 0.15) is 10.4 Å². The highest BCUT2D eigenvalue weighted by atomic mass is 35.5. The number of hydrogen-bond acceptors (Lipinski definition) is 5. The van der Waals surface area contributed by atoms with Crippen molar-refractivity contribution in [1.82, 2.24) is 0 Å². The standard InChI is InChI=1S/C7H2ClFN2O6/c8-4-2(7(12)13)1-3(10(14)15)5(9)6(4)11(16)17/h1H,(H,12,13). The fourth-order valence-corrected chi connectivity index (χ4v) is 1.34. The molecule has 0 aliphatic heterocycles. The summed E-state index contributed by atoms with van der Waals surface area (Å²) < 4.78 is 13.3. The first-order chi connectivity index (χ1) is 7.77. The first-order valence-electron chi connectivity index (χ1n) is 3.81. The Balaban J connectivity index is 3.76. The number of nitrogens with zero attached hydrogens (tertiary/aromatic N) is 2. The van der Waals surface area contributed by atoms with E-state index >= 15 is 0 Å². The van der Waals surface area contributed by atoms with E-state index in [1.165, 1.54) is 0 Å². The van der Waals surface area contributed by atoms with Gasteiger partial charge in [-0.05, 0) is 0 Å². The van der Waals surface area contributed by atoms with E-state index in [0.717, 1.165) is 0 Å². The summed E-state index contributed by atoms with van der Waals surface area (Å²) in [5, 5.41) is 28.5. The van der Waals surface area contributed by atoms with Gasteiger partial charge in [-0.25, -0.2) is 4.79 Å². The highest BCUT2D eigenvalue weighted by Crippen LogP contribution is 2.36. The van der Waals surface area contributed by atoms with Crippen LogP contribution in [0.5, 0.6) is 0 Å². The second kappa shape index (κ2) is 4.29. The van der Waals surface area contributed by atoms with Crippen LogP contribution in [-0.2, 0) is 0 Å². The highest BCUT2D eigenvalue weighted by Gasteiger charge is 2.33. The lowest BCUT2D eigenvalue weighted by atomic mass is 10.1. The molecule has 0 aliphatic carbocycles. The van der Waals surface area contributed by atoms with E-state index in [2.05, 4.69) is 0 Å². The second-order valence-electron chi connectivity index (χ2n) is 2.74. The van der Waals surface area contributed by atoms with Crippen LogP contribution in [0.3, 0.4) is 0 Å². The quantitative estimate of drug-likeness (QED) is 0.657. The molecule has 0 bridgehead atoms. The molecule has 8 nitrogen and oxygen atoms in total. The Kier molecular flexibility index (Phi) is 3.23. The smallest absolute Gasteiger partial charge is 0.337 e. The summed E-state index contributed by atoms with van der Waals surface area (Å²) in [5.74, 6) is -3.52. The van der Waals surface area contributed by atoms with Crippen LogP contribution in [0, 0.1) is 26.0 Å². The van der Waals surface area contributed by atoms with Gasteiger partial charge < -0.3 is 5.11 Å². The molecule has 1 aromatic rings. The summed E-state index contributed by atoms with van der Waals surface area (Å²) in [5.41, 5.74) is -3.66. The molecule has 0 saturated heterocycles. The van der Waals surface area contributed by atoms with Gasteiger partial charge in [0, 0.05) is 6.07 Å². The van der Waals surface area contributed by atoms with Gasteiger partial charge in [0.1, 0.15) is 5.02 Å². The SMILES string of the molecule is O=C(O)c1cc([N+](=O)[O-])c(F)c([N+](=O)[O-])c1Cl. The van der Waals surface area contributed by atoms with E-state index in [1.54, 1.807) is 0 Å². The minimum Gasteiger partial charge on any atom is -0.478 e. The van der Waals surface area contributed by atoms with Crippen molar-refractivity contribution in [3.05, 3.63) is 42.7 Å². The number of nitro groups is 2. The third-order valence-corrected chi connectivity index (χ3v) is 2.15. The Morgan fingerprint density at radius 3 is 2.24 bits per heavy atom. The molecule has 1 aromatic carbocycles. The van der Waals surface area contributed by atoms with Crippen LogP contribution >= 0.6 is 11.6 Å². The van der Waals surface area contributed by atoms with Crippen molar-refractivity contribution in [2.24, 2.45) is 0 Å². The van der Waals surface area contributed by atoms with E-state index in [9.17, 15) is 29.4 Å². The molecule has 1 N–H and O–H groups in total. The first-order valence-corrected chi connectivity index (χ1v) is 4.19. The number of aromatic carboxylic acids is 1. The Labute approximate surface area is 96.5 Å². The monoisotopic (exact) mass is 264 g/mol. The van der Waals surface area contributed by atoms with Crippen molar-refractivity contribution < 1.29 is 24.1 Å². The fourth-order valence-electron chi connectivity index (χ4n) is 1.06. The highest BCUT2D eigenvalue weighted by molar-refractivity contribution is 6.35. The van der Waals surface area contributed by atoms with Gasteiger partial charge >= 0.3 is 17.3 Å². The van der Waals surface area contributed by atoms with Crippen LogP contribution in [0.2, 0.25) is 5.02 Å². The zero-order valence-corrected chi connectivity index (χ0v) is 8.47. The maximum Gasteiger partial charge on any atom is 0.337 e. The number of carboxylic acid groups (broad SMARTS) is 1. The zero-order chi connectivity index (χ0) is 13.3. The molecule has 1 rings (SSSR count). The van der Waals surface area contributed by atoms with Crippen LogP contribution in [-0.4, -0.2) is 20.9 Å². The predicted octanol–water partition coefficient (Wildman–Crippen LogP) is 1.99. The van der Waals surface area contributed by atoms with Crippen molar-refractivity contribution in [2.45, 2.75) is 0 Å². The molecule has 0 unspecified atom stereocenters. The molecular formula is C7H2ClFN2O6. The second-order valence-corrected chi connectivity index (χ2v) is 3.12. The van der Waals surface area contributed by atoms with Crippen molar-refractivity contribution in [1.29, 1.82) is 0 Å². The molecule has 0 saturated carbocycles. The lowest BCUT2D eigenvalue weighted by molar-refractivity contribution is -0.399. The van der Waals surface area contributed by atoms with Gasteiger partial charge in [-0.2, -0.15) is 4.39 Å². The van der Waals surface area contributed by atoms with Crippen molar-refractivity contribution in [3.8, 4) is 0 Å². The zero-order valence-electron chi connectivity index (χ0n) is 7.72. The number of nitro benzene ring substituents is 2. The number of benzene rings is 1. The Bertz CT molecular complexity index is 507. The predicted molar refractivity (Wildman–Crippen MR) is 51.7 cm³/mol. The van der Waals surface area contributed by atoms with Gasteiger partial charge in [0.2, 0.25) is 0 Å². The number of carboxylic acids is 1. The topological polar surface area (TPSA) is 124 Å². The molecular weight excluding hydrogens is 263 g/mol. The van der Waals surface area contributed by atoms with Crippen LogP contribution < -0.4 is 0 Å². The van der Waals surface area contributed by atoms with E-state index in [1.807, 2.05) is 0 Å². The van der Waals surface area contributed by atoms with Crippen LogP contribution in [0.4, 0.5) is 15.8 Å². The minimum atomic E-state index is -1.78. The van der Waals surface area contributed by atoms with Crippen molar-refractivity contribution >= 4 is 28.9 Å². The van der Waals surface area contributed by atoms with Crippen LogP contribution in [0.15, 0.2) is 6.07 Å². The number of halogens is 2. The van der Waals surface area contributed by atoms with E-state index < -0.39 is 43.6 Å². The molecule has 0 heterocycles. The summed E-state index contributed by atoms with van der Waals surface area (Å²) in [7, 11) is 0.